The zero-order valence-corrected chi connectivity index (χ0v) is 10.2. The van der Waals surface area contributed by atoms with Gasteiger partial charge in [0.1, 0.15) is 7.85 Å². The minimum absolute atomic E-state index is 0.0880. The van der Waals surface area contributed by atoms with E-state index in [4.69, 9.17) is 24.2 Å². The van der Waals surface area contributed by atoms with Crippen molar-refractivity contribution in [2.75, 3.05) is 6.61 Å². The summed E-state index contributed by atoms with van der Waals surface area (Å²) < 4.78 is 5.31. The van der Waals surface area contributed by atoms with Crippen LogP contribution < -0.4 is 10.2 Å². The van der Waals surface area contributed by atoms with E-state index in [9.17, 15) is 4.79 Å². The molecule has 0 spiro atoms. The molecule has 2 aromatic rings. The van der Waals surface area contributed by atoms with E-state index in [1.54, 1.807) is 42.6 Å². The quantitative estimate of drug-likeness (QED) is 0.476. The summed E-state index contributed by atoms with van der Waals surface area (Å²) in [6.45, 7) is -0.0880. The maximum atomic E-state index is 11.8. The number of nitrogens with zero attached hydrogens (tertiary/aromatic N) is 1. The Morgan fingerprint density at radius 1 is 1.28 bits per heavy atom. The molecule has 0 unspecified atom stereocenters. The van der Waals surface area contributed by atoms with Gasteiger partial charge in [-0.05, 0) is 12.1 Å². The first kappa shape index (κ1) is 12.6. The van der Waals surface area contributed by atoms with Crippen LogP contribution in [0.4, 0.5) is 0 Å². The lowest BCUT2D eigenvalue weighted by atomic mass is 9.95. The number of halogens is 1. The predicted molar refractivity (Wildman–Crippen MR) is 70.9 cm³/mol. The van der Waals surface area contributed by atoms with Crippen LogP contribution in [0.15, 0.2) is 42.6 Å². The Morgan fingerprint density at radius 3 is 2.67 bits per heavy atom. The van der Waals surface area contributed by atoms with Crippen molar-refractivity contribution in [3.63, 3.8) is 0 Å². The molecular formula is C13H9BClNO2. The number of aromatic nitrogens is 1. The lowest BCUT2D eigenvalue weighted by Crippen LogP contribution is -2.13. The van der Waals surface area contributed by atoms with Crippen molar-refractivity contribution in [3.8, 4) is 5.75 Å². The topological polar surface area (TPSA) is 39.2 Å². The van der Waals surface area contributed by atoms with Gasteiger partial charge >= 0.3 is 0 Å². The Hall–Kier alpha value is -1.81. The minimum atomic E-state index is -0.144. The van der Waals surface area contributed by atoms with Gasteiger partial charge in [0.05, 0.1) is 0 Å². The summed E-state index contributed by atoms with van der Waals surface area (Å²) in [4.78, 5) is 15.7. The van der Waals surface area contributed by atoms with Crippen molar-refractivity contribution < 1.29 is 9.53 Å². The van der Waals surface area contributed by atoms with Gasteiger partial charge in [-0.1, -0.05) is 41.3 Å². The van der Waals surface area contributed by atoms with Gasteiger partial charge < -0.3 is 4.74 Å². The second-order valence-electron chi connectivity index (χ2n) is 3.63. The molecule has 0 saturated heterocycles. The third kappa shape index (κ3) is 3.11. The van der Waals surface area contributed by atoms with E-state index >= 15 is 0 Å². The lowest BCUT2D eigenvalue weighted by molar-refractivity contribution is 0.0921. The van der Waals surface area contributed by atoms with Gasteiger partial charge in [-0.3, -0.25) is 4.79 Å². The fraction of sp³-hybridized carbons (Fsp3) is 0.0769. The van der Waals surface area contributed by atoms with Crippen LogP contribution in [-0.4, -0.2) is 25.2 Å². The van der Waals surface area contributed by atoms with Crippen molar-refractivity contribution in [1.29, 1.82) is 0 Å². The minimum Gasteiger partial charge on any atom is -0.482 e. The fourth-order valence-electron chi connectivity index (χ4n) is 1.37. The number of hydrogen-bond acceptors (Lipinski definition) is 3. The highest BCUT2D eigenvalue weighted by molar-refractivity contribution is 6.32. The summed E-state index contributed by atoms with van der Waals surface area (Å²) in [6, 6.07) is 10.0. The SMILES string of the molecule is [B]c1ccc(C(=O)COc2cccnc2Cl)cc1. The predicted octanol–water partition coefficient (Wildman–Crippen LogP) is 1.79. The van der Waals surface area contributed by atoms with Gasteiger partial charge in [0.15, 0.2) is 23.3 Å². The van der Waals surface area contributed by atoms with Crippen LogP contribution >= 0.6 is 11.6 Å². The number of pyridine rings is 1. The number of carbonyl (C=O) groups excluding carboxylic acids is 1. The zero-order valence-electron chi connectivity index (χ0n) is 9.47. The number of carbonyl (C=O) groups is 1. The largest absolute Gasteiger partial charge is 0.482 e. The molecule has 1 aromatic heterocycles. The van der Waals surface area contributed by atoms with E-state index in [-0.39, 0.29) is 17.5 Å². The molecule has 1 heterocycles. The highest BCUT2D eigenvalue weighted by Crippen LogP contribution is 2.20. The molecule has 2 rings (SSSR count). The molecule has 0 amide bonds. The number of benzene rings is 1. The van der Waals surface area contributed by atoms with Crippen LogP contribution in [0.25, 0.3) is 0 Å². The van der Waals surface area contributed by atoms with Gasteiger partial charge in [0, 0.05) is 11.8 Å². The molecule has 0 aliphatic rings. The third-order valence-electron chi connectivity index (χ3n) is 2.32. The van der Waals surface area contributed by atoms with Crippen LogP contribution in [0.2, 0.25) is 5.15 Å². The Bertz CT molecular complexity index is 557. The van der Waals surface area contributed by atoms with Crippen LogP contribution in [0.3, 0.4) is 0 Å². The van der Waals surface area contributed by atoms with Crippen molar-refractivity contribution in [3.05, 3.63) is 53.3 Å². The molecule has 2 radical (unpaired) electrons. The normalized spacial score (nSPS) is 10.1. The summed E-state index contributed by atoms with van der Waals surface area (Å²) in [5, 5.41) is 0.239. The Morgan fingerprint density at radius 2 is 2.00 bits per heavy atom. The van der Waals surface area contributed by atoms with E-state index in [0.717, 1.165) is 0 Å². The molecule has 0 bridgehead atoms. The fourth-order valence-corrected chi connectivity index (χ4v) is 1.55. The summed E-state index contributed by atoms with van der Waals surface area (Å²) in [5.41, 5.74) is 1.16. The van der Waals surface area contributed by atoms with Gasteiger partial charge in [0.2, 0.25) is 0 Å². The molecule has 88 valence electrons. The van der Waals surface area contributed by atoms with E-state index in [0.29, 0.717) is 16.8 Å². The van der Waals surface area contributed by atoms with Gasteiger partial charge in [-0.25, -0.2) is 4.98 Å². The highest BCUT2D eigenvalue weighted by atomic mass is 35.5. The smallest absolute Gasteiger partial charge is 0.200 e. The highest BCUT2D eigenvalue weighted by Gasteiger charge is 2.08. The van der Waals surface area contributed by atoms with Crippen molar-refractivity contribution in [1.82, 2.24) is 4.98 Å². The van der Waals surface area contributed by atoms with Crippen LogP contribution in [0, 0.1) is 0 Å². The standard InChI is InChI=1S/C13H9BClNO2/c14-10-5-3-9(4-6-10)11(17)8-18-12-2-1-7-16-13(12)15/h1-7H,8H2. The Balaban J connectivity index is 2.01. The van der Waals surface area contributed by atoms with Crippen LogP contribution in [0.1, 0.15) is 10.4 Å². The van der Waals surface area contributed by atoms with Crippen molar-refractivity contribution in [2.24, 2.45) is 0 Å². The Kier molecular flexibility index (Phi) is 4.00. The van der Waals surface area contributed by atoms with Crippen LogP contribution in [-0.2, 0) is 0 Å². The average molecular weight is 257 g/mol. The second-order valence-corrected chi connectivity index (χ2v) is 3.98. The van der Waals surface area contributed by atoms with Crippen molar-refractivity contribution in [2.45, 2.75) is 0 Å². The van der Waals surface area contributed by atoms with Crippen LogP contribution in [0.5, 0.6) is 5.75 Å². The number of hydrogen-bond donors (Lipinski definition) is 0. The van der Waals surface area contributed by atoms with Gasteiger partial charge in [0.25, 0.3) is 0 Å². The summed E-state index contributed by atoms with van der Waals surface area (Å²) >= 11 is 5.81. The van der Waals surface area contributed by atoms with Gasteiger partial charge in [-0.2, -0.15) is 0 Å². The van der Waals surface area contributed by atoms with Gasteiger partial charge in [-0.15, -0.1) is 0 Å². The number of Topliss-reactive ketones (excluding diaryl/α,β-unsaturated/α-hetero) is 1. The van der Waals surface area contributed by atoms with E-state index in [2.05, 4.69) is 4.98 Å². The summed E-state index contributed by atoms with van der Waals surface area (Å²) in [6.07, 6.45) is 1.55. The maximum Gasteiger partial charge on any atom is 0.200 e. The molecule has 0 N–H and O–H groups in total. The average Bonchev–Trinajstić information content (AvgIpc) is 2.38. The first-order valence-electron chi connectivity index (χ1n) is 5.29. The molecule has 0 aliphatic heterocycles. The first-order valence-corrected chi connectivity index (χ1v) is 5.66. The monoisotopic (exact) mass is 257 g/mol. The van der Waals surface area contributed by atoms with E-state index < -0.39 is 0 Å². The second kappa shape index (κ2) is 5.69. The molecule has 0 atom stereocenters. The number of ether oxygens (including phenoxy) is 1. The maximum absolute atomic E-state index is 11.8. The van der Waals surface area contributed by atoms with E-state index in [1.165, 1.54) is 0 Å². The summed E-state index contributed by atoms with van der Waals surface area (Å²) in [7, 11) is 5.54. The number of rotatable bonds is 4. The number of ketones is 1. The first-order chi connectivity index (χ1) is 8.66. The molecule has 0 fully saturated rings. The lowest BCUT2D eigenvalue weighted by Gasteiger charge is -2.06. The van der Waals surface area contributed by atoms with E-state index in [1.807, 2.05) is 0 Å². The van der Waals surface area contributed by atoms with Crippen molar-refractivity contribution >= 4 is 30.7 Å². The molecular weight excluding hydrogens is 248 g/mol. The molecule has 0 aliphatic carbocycles. The molecule has 3 nitrogen and oxygen atoms in total. The molecule has 18 heavy (non-hydrogen) atoms. The zero-order chi connectivity index (χ0) is 13.0. The molecule has 0 saturated carbocycles. The summed E-state index contributed by atoms with van der Waals surface area (Å²) in [5.74, 6) is 0.248. The Labute approximate surface area is 111 Å². The molecule has 1 aromatic carbocycles. The third-order valence-corrected chi connectivity index (χ3v) is 2.60. The molecule has 5 heteroatoms.